The number of pyridine rings is 1. The molecule has 0 spiro atoms. The molecule has 1 aliphatic heterocycles. The fraction of sp³-hybridized carbons (Fsp3) is 0.511. The van der Waals surface area contributed by atoms with Crippen molar-refractivity contribution in [1.29, 1.82) is 0 Å². The van der Waals surface area contributed by atoms with Crippen LogP contribution in [0.4, 0.5) is 16.6 Å². The number of carbonyl (C=O) groups excluding carboxylic acids is 1. The van der Waals surface area contributed by atoms with Gasteiger partial charge in [-0.05, 0) is 96.6 Å². The van der Waals surface area contributed by atoms with Gasteiger partial charge in [0.1, 0.15) is 23.4 Å². The number of aryl methyl sites for hydroxylation is 1. The van der Waals surface area contributed by atoms with Gasteiger partial charge in [-0.2, -0.15) is 5.10 Å². The van der Waals surface area contributed by atoms with Crippen molar-refractivity contribution in [3.05, 3.63) is 89.2 Å². The summed E-state index contributed by atoms with van der Waals surface area (Å²) in [6.45, 7) is 24.3. The van der Waals surface area contributed by atoms with Gasteiger partial charge in [0.2, 0.25) is 5.95 Å². The zero-order chi connectivity index (χ0) is 40.6. The van der Waals surface area contributed by atoms with Gasteiger partial charge >= 0.3 is 6.03 Å². The molecule has 5 aromatic rings. The Hall–Kier alpha value is -4.84. The molecule has 57 heavy (non-hydrogen) atoms. The summed E-state index contributed by atoms with van der Waals surface area (Å²) in [4.78, 5) is 16.3. The Balaban J connectivity index is 1.11. The minimum atomic E-state index is -2.20. The van der Waals surface area contributed by atoms with Crippen LogP contribution >= 0.6 is 0 Å². The topological polar surface area (TPSA) is 111 Å². The molecule has 2 aromatic carbocycles. The summed E-state index contributed by atoms with van der Waals surface area (Å²) in [6, 6.07) is 20.0. The molecule has 0 bridgehead atoms. The molecule has 2 N–H and O–H groups in total. The third-order valence-corrected chi connectivity index (χ3v) is 18.0. The zero-order valence-electron chi connectivity index (χ0n) is 35.6. The van der Waals surface area contributed by atoms with E-state index in [0.717, 1.165) is 77.1 Å². The molecule has 4 heterocycles. The SMILES string of the molecule is Cc1cc(O[Si](C(C)C)(C(C)C)C(C)C)cc(-n2nc(C(C)(C)C)cc2NC(=O)N[C@H]2CC[C@@H](Oc3ccc4nnc(N5CCCCC5)n4c3)c3ccccc32)c1. The molecule has 2 amide bonds. The van der Waals surface area contributed by atoms with Crippen LogP contribution in [0, 0.1) is 6.92 Å². The molecule has 2 atom stereocenters. The van der Waals surface area contributed by atoms with Gasteiger partial charge in [0, 0.05) is 30.6 Å². The molecule has 2 aliphatic rings. The van der Waals surface area contributed by atoms with E-state index in [4.69, 9.17) is 14.3 Å². The fourth-order valence-electron chi connectivity index (χ4n) is 9.24. The fourth-order valence-corrected chi connectivity index (χ4v) is 14.5. The van der Waals surface area contributed by atoms with Crippen molar-refractivity contribution in [3.8, 4) is 17.2 Å². The van der Waals surface area contributed by atoms with Gasteiger partial charge in [0.15, 0.2) is 5.65 Å². The van der Waals surface area contributed by atoms with Crippen LogP contribution in [-0.2, 0) is 5.41 Å². The summed E-state index contributed by atoms with van der Waals surface area (Å²) in [6.07, 6.45) is 6.90. The first-order valence-corrected chi connectivity index (χ1v) is 23.1. The third kappa shape index (κ3) is 8.28. The maximum absolute atomic E-state index is 14.0. The number of nitrogens with zero attached hydrogens (tertiary/aromatic N) is 6. The highest BCUT2D eigenvalue weighted by Crippen LogP contribution is 2.44. The Bertz CT molecular complexity index is 2170. The summed E-state index contributed by atoms with van der Waals surface area (Å²) in [5.74, 6) is 3.10. The average Bonchev–Trinajstić information content (AvgIpc) is 3.79. The number of aromatic nitrogens is 5. The standard InChI is InChI=1S/C45H62N8O3Si/c1-29(2)57(30(3)4,31(5)6)56-35-25-32(7)24-33(26-35)53-42(27-40(50-53)45(8,9)10)47-43(54)46-38-19-20-39(37-17-13-12-16-36(37)38)55-34-18-21-41-48-49-44(52(41)28-34)51-22-14-11-15-23-51/h12-13,16-18,21,24-31,38-39H,11,14-15,19-20,22-23H2,1-10H3,(H2,46,47,54)/t38-,39+/m0/s1. The van der Waals surface area contributed by atoms with Crippen LogP contribution in [0.25, 0.3) is 11.3 Å². The van der Waals surface area contributed by atoms with Crippen molar-refractivity contribution in [2.24, 2.45) is 0 Å². The second kappa shape index (κ2) is 16.2. The lowest BCUT2D eigenvalue weighted by Crippen LogP contribution is -2.50. The van der Waals surface area contributed by atoms with E-state index < -0.39 is 8.32 Å². The first-order chi connectivity index (χ1) is 27.1. The summed E-state index contributed by atoms with van der Waals surface area (Å²) >= 11 is 0. The van der Waals surface area contributed by atoms with Gasteiger partial charge in [-0.25, -0.2) is 9.48 Å². The molecule has 0 saturated carbocycles. The smallest absolute Gasteiger partial charge is 0.320 e. The van der Waals surface area contributed by atoms with Gasteiger partial charge in [0.05, 0.1) is 23.6 Å². The Morgan fingerprint density at radius 1 is 0.842 bits per heavy atom. The summed E-state index contributed by atoms with van der Waals surface area (Å²) in [5, 5.41) is 20.5. The Labute approximate surface area is 339 Å². The van der Waals surface area contributed by atoms with E-state index in [0.29, 0.717) is 22.4 Å². The number of rotatable bonds is 11. The molecule has 304 valence electrons. The molecular formula is C45H62N8O3Si. The molecule has 0 unspecified atom stereocenters. The van der Waals surface area contributed by atoms with Gasteiger partial charge in [-0.15, -0.1) is 10.2 Å². The van der Waals surface area contributed by atoms with Gasteiger partial charge in [0.25, 0.3) is 8.32 Å². The number of nitrogens with one attached hydrogen (secondary N) is 2. The van der Waals surface area contributed by atoms with Gasteiger partial charge < -0.3 is 19.4 Å². The van der Waals surface area contributed by atoms with E-state index in [-0.39, 0.29) is 23.6 Å². The average molecular weight is 791 g/mol. The zero-order valence-corrected chi connectivity index (χ0v) is 36.6. The lowest BCUT2D eigenvalue weighted by molar-refractivity contribution is 0.171. The van der Waals surface area contributed by atoms with Crippen molar-refractivity contribution in [2.45, 2.75) is 136 Å². The highest BCUT2D eigenvalue weighted by atomic mass is 28.4. The molecular weight excluding hydrogens is 729 g/mol. The normalized spacial score (nSPS) is 17.7. The second-order valence-corrected chi connectivity index (χ2v) is 23.5. The van der Waals surface area contributed by atoms with Crippen molar-refractivity contribution in [2.75, 3.05) is 23.3 Å². The van der Waals surface area contributed by atoms with Crippen LogP contribution in [0.1, 0.15) is 129 Å². The maximum atomic E-state index is 14.0. The van der Waals surface area contributed by atoms with Crippen molar-refractivity contribution < 1.29 is 14.0 Å². The van der Waals surface area contributed by atoms with Crippen LogP contribution in [0.3, 0.4) is 0 Å². The monoisotopic (exact) mass is 790 g/mol. The van der Waals surface area contributed by atoms with E-state index >= 15 is 0 Å². The first-order valence-electron chi connectivity index (χ1n) is 21.0. The maximum Gasteiger partial charge on any atom is 0.320 e. The molecule has 1 saturated heterocycles. The van der Waals surface area contributed by atoms with E-state index in [2.05, 4.69) is 125 Å². The van der Waals surface area contributed by atoms with Crippen LogP contribution in [-0.4, -0.2) is 51.8 Å². The highest BCUT2D eigenvalue weighted by molar-refractivity contribution is 6.78. The Kier molecular flexibility index (Phi) is 11.5. The Morgan fingerprint density at radius 2 is 1.54 bits per heavy atom. The van der Waals surface area contributed by atoms with Crippen LogP contribution in [0.5, 0.6) is 11.5 Å². The second-order valence-electron chi connectivity index (χ2n) is 18.1. The van der Waals surface area contributed by atoms with E-state index in [1.54, 1.807) is 0 Å². The number of benzene rings is 2. The lowest BCUT2D eigenvalue weighted by Gasteiger charge is -2.42. The molecule has 7 rings (SSSR count). The molecule has 11 nitrogen and oxygen atoms in total. The number of amides is 2. The number of anilines is 2. The predicted molar refractivity (Wildman–Crippen MR) is 232 cm³/mol. The Morgan fingerprint density at radius 3 is 2.23 bits per heavy atom. The number of hydrogen-bond acceptors (Lipinski definition) is 7. The lowest BCUT2D eigenvalue weighted by atomic mass is 9.85. The number of piperidine rings is 1. The third-order valence-electron chi connectivity index (χ3n) is 12.0. The molecule has 12 heteroatoms. The quantitative estimate of drug-likeness (QED) is 0.128. The number of fused-ring (bicyclic) bond motifs is 2. The van der Waals surface area contributed by atoms with E-state index in [9.17, 15) is 4.79 Å². The minimum Gasteiger partial charge on any atom is -0.543 e. The number of urea groups is 1. The van der Waals surface area contributed by atoms with E-state index in [1.165, 1.54) is 19.3 Å². The number of hydrogen-bond donors (Lipinski definition) is 2. The summed E-state index contributed by atoms with van der Waals surface area (Å²) in [5.41, 5.74) is 6.83. The van der Waals surface area contributed by atoms with Crippen LogP contribution in [0.15, 0.2) is 66.9 Å². The largest absolute Gasteiger partial charge is 0.543 e. The molecule has 0 radical (unpaired) electrons. The number of ether oxygens (including phenoxy) is 1. The number of carbonyl (C=O) groups is 1. The van der Waals surface area contributed by atoms with Crippen molar-refractivity contribution in [3.63, 3.8) is 0 Å². The molecule has 3 aromatic heterocycles. The van der Waals surface area contributed by atoms with Gasteiger partial charge in [-0.1, -0.05) is 86.6 Å². The van der Waals surface area contributed by atoms with Gasteiger partial charge in [-0.3, -0.25) is 9.72 Å². The van der Waals surface area contributed by atoms with Crippen molar-refractivity contribution >= 4 is 31.8 Å². The molecule has 1 aliphatic carbocycles. The molecule has 1 fully saturated rings. The van der Waals surface area contributed by atoms with Crippen LogP contribution in [0.2, 0.25) is 16.6 Å². The van der Waals surface area contributed by atoms with E-state index in [1.807, 2.05) is 45.6 Å². The predicted octanol–water partition coefficient (Wildman–Crippen LogP) is 10.8. The minimum absolute atomic E-state index is 0.160. The summed E-state index contributed by atoms with van der Waals surface area (Å²) < 4.78 is 17.7. The summed E-state index contributed by atoms with van der Waals surface area (Å²) in [7, 11) is -2.20. The van der Waals surface area contributed by atoms with Crippen LogP contribution < -0.4 is 24.7 Å². The first kappa shape index (κ1) is 40.4. The van der Waals surface area contributed by atoms with Crippen molar-refractivity contribution in [1.82, 2.24) is 29.7 Å². The highest BCUT2D eigenvalue weighted by Gasteiger charge is 2.47.